The molecule has 1 N–H and O–H groups in total. The van der Waals surface area contributed by atoms with Crippen molar-refractivity contribution in [2.75, 3.05) is 22.4 Å². The highest BCUT2D eigenvalue weighted by Crippen LogP contribution is 2.32. The van der Waals surface area contributed by atoms with Crippen LogP contribution in [0.4, 0.5) is 11.5 Å². The number of aromatic nitrogens is 2. The normalized spacial score (nSPS) is 13.4. The van der Waals surface area contributed by atoms with Gasteiger partial charge < -0.3 is 5.32 Å². The molecule has 0 atom stereocenters. The van der Waals surface area contributed by atoms with Crippen LogP contribution in [0.2, 0.25) is 0 Å². The molecule has 4 aromatic rings. The quantitative estimate of drug-likeness (QED) is 0.509. The van der Waals surface area contributed by atoms with Gasteiger partial charge in [0.15, 0.2) is 0 Å². The lowest BCUT2D eigenvalue weighted by Gasteiger charge is -2.16. The van der Waals surface area contributed by atoms with Crippen molar-refractivity contribution in [2.45, 2.75) is 6.42 Å². The van der Waals surface area contributed by atoms with Crippen LogP contribution >= 0.6 is 11.3 Å². The Balaban J connectivity index is 1.33. The molecule has 1 amide bonds. The molecule has 3 heterocycles. The molecule has 1 aliphatic heterocycles. The maximum Gasteiger partial charge on any atom is 0.256 e. The summed E-state index contributed by atoms with van der Waals surface area (Å²) in [6, 6.07) is 16.6. The summed E-state index contributed by atoms with van der Waals surface area (Å²) in [6.07, 6.45) is 3.46. The van der Waals surface area contributed by atoms with Crippen molar-refractivity contribution in [1.82, 2.24) is 9.97 Å². The molecule has 7 nitrogen and oxygen atoms in total. The van der Waals surface area contributed by atoms with E-state index < -0.39 is 10.0 Å². The molecule has 31 heavy (non-hydrogen) atoms. The van der Waals surface area contributed by atoms with Crippen LogP contribution in [0.15, 0.2) is 60.8 Å². The fourth-order valence-corrected chi connectivity index (χ4v) is 5.55. The summed E-state index contributed by atoms with van der Waals surface area (Å²) in [5.41, 5.74) is 3.78. The van der Waals surface area contributed by atoms with E-state index in [1.807, 2.05) is 30.3 Å². The third kappa shape index (κ3) is 3.77. The Bertz CT molecular complexity index is 1380. The van der Waals surface area contributed by atoms with Crippen LogP contribution in [0.1, 0.15) is 15.9 Å². The first-order chi connectivity index (χ1) is 14.9. The smallest absolute Gasteiger partial charge is 0.256 e. The number of para-hydroxylation sites is 1. The van der Waals surface area contributed by atoms with Gasteiger partial charge in [0.2, 0.25) is 10.0 Å². The molecule has 5 rings (SSSR count). The predicted octanol–water partition coefficient (Wildman–Crippen LogP) is 3.93. The van der Waals surface area contributed by atoms with Crippen molar-refractivity contribution in [3.8, 4) is 10.6 Å². The fraction of sp³-hybridized carbons (Fsp3) is 0.136. The molecule has 156 valence electrons. The predicted molar refractivity (Wildman–Crippen MR) is 123 cm³/mol. The third-order valence-electron chi connectivity index (χ3n) is 5.14. The maximum absolute atomic E-state index is 12.7. The van der Waals surface area contributed by atoms with Crippen molar-refractivity contribution in [3.63, 3.8) is 0 Å². The molecule has 1 aliphatic rings. The molecule has 0 aliphatic carbocycles. The Hall–Kier alpha value is -3.30. The van der Waals surface area contributed by atoms with Crippen molar-refractivity contribution < 1.29 is 13.2 Å². The van der Waals surface area contributed by atoms with Crippen LogP contribution in [-0.2, 0) is 16.4 Å². The van der Waals surface area contributed by atoms with E-state index in [0.29, 0.717) is 30.0 Å². The Kier molecular flexibility index (Phi) is 4.71. The second kappa shape index (κ2) is 7.44. The standard InChI is InChI=1S/C22H18N4O3S2/c1-31(28,29)26-11-10-14-12-15(6-8-18(14)26)21(27)25-20-9-7-16(13-23-20)22-24-17-4-2-3-5-19(17)30-22/h2-9,12-13H,10-11H2,1H3,(H,23,25,27). The minimum absolute atomic E-state index is 0.291. The van der Waals surface area contributed by atoms with E-state index in [1.165, 1.54) is 10.6 Å². The summed E-state index contributed by atoms with van der Waals surface area (Å²) in [7, 11) is -3.31. The average molecular weight is 451 g/mol. The summed E-state index contributed by atoms with van der Waals surface area (Å²) in [5, 5.41) is 3.67. The number of sulfonamides is 1. The number of carbonyl (C=O) groups is 1. The monoisotopic (exact) mass is 450 g/mol. The molecule has 0 radical (unpaired) electrons. The Morgan fingerprint density at radius 3 is 2.71 bits per heavy atom. The van der Waals surface area contributed by atoms with Crippen LogP contribution in [0.25, 0.3) is 20.8 Å². The molecule has 0 fully saturated rings. The number of anilines is 2. The highest BCUT2D eigenvalue weighted by Gasteiger charge is 2.26. The first-order valence-electron chi connectivity index (χ1n) is 9.62. The van der Waals surface area contributed by atoms with Gasteiger partial charge in [0.05, 0.1) is 22.2 Å². The van der Waals surface area contributed by atoms with Gasteiger partial charge in [0.1, 0.15) is 10.8 Å². The topological polar surface area (TPSA) is 92.3 Å². The van der Waals surface area contributed by atoms with Crippen LogP contribution in [0, 0.1) is 0 Å². The van der Waals surface area contributed by atoms with Crippen LogP contribution in [0.3, 0.4) is 0 Å². The molecule has 2 aromatic carbocycles. The Morgan fingerprint density at radius 2 is 1.97 bits per heavy atom. The van der Waals surface area contributed by atoms with Gasteiger partial charge in [-0.3, -0.25) is 9.10 Å². The fourth-order valence-electron chi connectivity index (χ4n) is 3.64. The SMILES string of the molecule is CS(=O)(=O)N1CCc2cc(C(=O)Nc3ccc(-c4nc5ccccc5s4)cn3)ccc21. The zero-order valence-corrected chi connectivity index (χ0v) is 18.2. The minimum Gasteiger partial charge on any atom is -0.307 e. The second-order valence-electron chi connectivity index (χ2n) is 7.30. The lowest BCUT2D eigenvalue weighted by molar-refractivity contribution is 0.102. The summed E-state index contributed by atoms with van der Waals surface area (Å²) < 4.78 is 26.2. The average Bonchev–Trinajstić information content (AvgIpc) is 3.37. The van der Waals surface area contributed by atoms with Gasteiger partial charge in [-0.15, -0.1) is 11.3 Å². The van der Waals surface area contributed by atoms with E-state index in [2.05, 4.69) is 15.3 Å². The first kappa shape index (κ1) is 19.7. The maximum atomic E-state index is 12.7. The highest BCUT2D eigenvalue weighted by atomic mass is 32.2. The van der Waals surface area contributed by atoms with Crippen molar-refractivity contribution in [2.24, 2.45) is 0 Å². The number of nitrogens with one attached hydrogen (secondary N) is 1. The van der Waals surface area contributed by atoms with Gasteiger partial charge in [0.25, 0.3) is 5.91 Å². The molecule has 0 saturated heterocycles. The van der Waals surface area contributed by atoms with Crippen LogP contribution < -0.4 is 9.62 Å². The van der Waals surface area contributed by atoms with Crippen molar-refractivity contribution in [3.05, 3.63) is 71.9 Å². The van der Waals surface area contributed by atoms with Gasteiger partial charge in [0, 0.05) is 23.9 Å². The van der Waals surface area contributed by atoms with Crippen LogP contribution in [0.5, 0.6) is 0 Å². The van der Waals surface area contributed by atoms with Gasteiger partial charge in [-0.25, -0.2) is 18.4 Å². The molecule has 0 unspecified atom stereocenters. The third-order valence-corrected chi connectivity index (χ3v) is 7.41. The summed E-state index contributed by atoms with van der Waals surface area (Å²) in [4.78, 5) is 21.6. The first-order valence-corrected chi connectivity index (χ1v) is 12.3. The summed E-state index contributed by atoms with van der Waals surface area (Å²) in [6.45, 7) is 0.397. The molecule has 0 bridgehead atoms. The number of hydrogen-bond acceptors (Lipinski definition) is 6. The summed E-state index contributed by atoms with van der Waals surface area (Å²) in [5.74, 6) is 0.147. The van der Waals surface area contributed by atoms with E-state index in [9.17, 15) is 13.2 Å². The number of fused-ring (bicyclic) bond motifs is 2. The van der Waals surface area contributed by atoms with E-state index in [-0.39, 0.29) is 5.91 Å². The van der Waals surface area contributed by atoms with Gasteiger partial charge in [-0.1, -0.05) is 12.1 Å². The molecule has 0 saturated carbocycles. The molecular formula is C22H18N4O3S2. The number of rotatable bonds is 4. The number of thiazole rings is 1. The van der Waals surface area contributed by atoms with E-state index >= 15 is 0 Å². The largest absolute Gasteiger partial charge is 0.307 e. The van der Waals surface area contributed by atoms with Crippen molar-refractivity contribution in [1.29, 1.82) is 0 Å². The minimum atomic E-state index is -3.31. The lowest BCUT2D eigenvalue weighted by Crippen LogP contribution is -2.27. The number of benzene rings is 2. The van der Waals surface area contributed by atoms with Gasteiger partial charge >= 0.3 is 0 Å². The molecular weight excluding hydrogens is 432 g/mol. The molecule has 0 spiro atoms. The second-order valence-corrected chi connectivity index (χ2v) is 10.2. The number of pyridine rings is 1. The number of nitrogens with zero attached hydrogens (tertiary/aromatic N) is 3. The van der Waals surface area contributed by atoms with Crippen molar-refractivity contribution >= 4 is 49.0 Å². The zero-order chi connectivity index (χ0) is 21.6. The Morgan fingerprint density at radius 1 is 1.13 bits per heavy atom. The van der Waals surface area contributed by atoms with E-state index in [4.69, 9.17) is 0 Å². The van der Waals surface area contributed by atoms with Crippen LogP contribution in [-0.4, -0.2) is 37.1 Å². The van der Waals surface area contributed by atoms with Gasteiger partial charge in [-0.2, -0.15) is 0 Å². The Labute approximate surface area is 183 Å². The zero-order valence-electron chi connectivity index (χ0n) is 16.6. The van der Waals surface area contributed by atoms with E-state index in [1.54, 1.807) is 41.8 Å². The lowest BCUT2D eigenvalue weighted by atomic mass is 10.1. The molecule has 2 aromatic heterocycles. The highest BCUT2D eigenvalue weighted by molar-refractivity contribution is 7.92. The summed E-state index contributed by atoms with van der Waals surface area (Å²) >= 11 is 1.59. The molecule has 9 heteroatoms. The van der Waals surface area contributed by atoms with E-state index in [0.717, 1.165) is 26.4 Å². The number of hydrogen-bond donors (Lipinski definition) is 1. The number of carbonyl (C=O) groups excluding carboxylic acids is 1. The van der Waals surface area contributed by atoms with Gasteiger partial charge in [-0.05, 0) is 54.4 Å². The number of amides is 1.